The van der Waals surface area contributed by atoms with Crippen molar-refractivity contribution in [1.82, 2.24) is 14.7 Å². The van der Waals surface area contributed by atoms with Crippen molar-refractivity contribution >= 4 is 5.97 Å². The van der Waals surface area contributed by atoms with Crippen LogP contribution in [-0.2, 0) is 11.8 Å². The Morgan fingerprint density at radius 1 is 1.65 bits per heavy atom. The second kappa shape index (κ2) is 4.87. The quantitative estimate of drug-likeness (QED) is 0.849. The summed E-state index contributed by atoms with van der Waals surface area (Å²) in [5.41, 5.74) is 1.04. The molecule has 1 saturated heterocycles. The molecule has 1 N–H and O–H groups in total. The van der Waals surface area contributed by atoms with E-state index in [1.165, 1.54) is 0 Å². The third-order valence-corrected chi connectivity index (χ3v) is 3.61. The highest BCUT2D eigenvalue weighted by atomic mass is 16.4. The SMILES string of the molecule is CCN1CCC(C(=O)O)C(c2cnn(C)c2)C1. The van der Waals surface area contributed by atoms with Crippen molar-refractivity contribution in [2.75, 3.05) is 19.6 Å². The minimum atomic E-state index is -0.686. The molecule has 1 fully saturated rings. The Balaban J connectivity index is 2.21. The molecule has 1 aromatic rings. The Bertz CT molecular complexity index is 402. The molecular formula is C12H19N3O2. The molecule has 2 unspecified atom stereocenters. The van der Waals surface area contributed by atoms with Gasteiger partial charge in [-0.25, -0.2) is 0 Å². The fourth-order valence-electron chi connectivity index (χ4n) is 2.57. The van der Waals surface area contributed by atoms with Gasteiger partial charge in [0.2, 0.25) is 0 Å². The van der Waals surface area contributed by atoms with Gasteiger partial charge in [-0.1, -0.05) is 6.92 Å². The monoisotopic (exact) mass is 237 g/mol. The Kier molecular flexibility index (Phi) is 3.47. The Hall–Kier alpha value is -1.36. The first-order valence-corrected chi connectivity index (χ1v) is 6.05. The van der Waals surface area contributed by atoms with Gasteiger partial charge in [0.25, 0.3) is 0 Å². The van der Waals surface area contributed by atoms with E-state index in [4.69, 9.17) is 0 Å². The number of aromatic nitrogens is 2. The van der Waals surface area contributed by atoms with Gasteiger partial charge >= 0.3 is 5.97 Å². The molecule has 0 aliphatic carbocycles. The maximum absolute atomic E-state index is 11.3. The Morgan fingerprint density at radius 2 is 2.41 bits per heavy atom. The van der Waals surface area contributed by atoms with Crippen LogP contribution >= 0.6 is 0 Å². The van der Waals surface area contributed by atoms with E-state index in [2.05, 4.69) is 16.9 Å². The number of hydrogen-bond acceptors (Lipinski definition) is 3. The Morgan fingerprint density at radius 3 is 2.94 bits per heavy atom. The van der Waals surface area contributed by atoms with Gasteiger partial charge in [0, 0.05) is 25.7 Å². The summed E-state index contributed by atoms with van der Waals surface area (Å²) in [6, 6.07) is 0. The van der Waals surface area contributed by atoms with Crippen molar-refractivity contribution < 1.29 is 9.90 Å². The smallest absolute Gasteiger partial charge is 0.307 e. The van der Waals surface area contributed by atoms with Crippen molar-refractivity contribution in [3.8, 4) is 0 Å². The molecule has 5 nitrogen and oxygen atoms in total. The number of carboxylic acids is 1. The zero-order chi connectivity index (χ0) is 12.4. The lowest BCUT2D eigenvalue weighted by atomic mass is 9.82. The van der Waals surface area contributed by atoms with E-state index in [-0.39, 0.29) is 11.8 Å². The lowest BCUT2D eigenvalue weighted by molar-refractivity contribution is -0.144. The van der Waals surface area contributed by atoms with Gasteiger partial charge in [0.1, 0.15) is 0 Å². The summed E-state index contributed by atoms with van der Waals surface area (Å²) in [5, 5.41) is 13.4. The van der Waals surface area contributed by atoms with Gasteiger partial charge in [-0.3, -0.25) is 9.48 Å². The number of likely N-dealkylation sites (tertiary alicyclic amines) is 1. The highest BCUT2D eigenvalue weighted by Gasteiger charge is 2.35. The zero-order valence-corrected chi connectivity index (χ0v) is 10.3. The second-order valence-electron chi connectivity index (χ2n) is 4.68. The highest BCUT2D eigenvalue weighted by molar-refractivity contribution is 5.71. The number of aryl methyl sites for hydroxylation is 1. The second-order valence-corrected chi connectivity index (χ2v) is 4.68. The average molecular weight is 237 g/mol. The van der Waals surface area contributed by atoms with Crippen LogP contribution in [-0.4, -0.2) is 45.4 Å². The standard InChI is InChI=1S/C12H19N3O2/c1-3-15-5-4-10(12(16)17)11(8-15)9-6-13-14(2)7-9/h6-7,10-11H,3-5,8H2,1-2H3,(H,16,17). The van der Waals surface area contributed by atoms with Crippen LogP contribution in [0.25, 0.3) is 0 Å². The zero-order valence-electron chi connectivity index (χ0n) is 10.3. The summed E-state index contributed by atoms with van der Waals surface area (Å²) in [5.74, 6) is -0.897. The van der Waals surface area contributed by atoms with Crippen molar-refractivity contribution in [2.45, 2.75) is 19.3 Å². The number of rotatable bonds is 3. The number of hydrogen-bond donors (Lipinski definition) is 1. The van der Waals surface area contributed by atoms with Crippen molar-refractivity contribution in [1.29, 1.82) is 0 Å². The van der Waals surface area contributed by atoms with Crippen LogP contribution in [0.2, 0.25) is 0 Å². The summed E-state index contributed by atoms with van der Waals surface area (Å²) in [6.45, 7) is 4.79. The van der Waals surface area contributed by atoms with E-state index in [1.54, 1.807) is 10.9 Å². The van der Waals surface area contributed by atoms with Gasteiger partial charge in [-0.05, 0) is 25.1 Å². The molecule has 0 bridgehead atoms. The first-order valence-electron chi connectivity index (χ1n) is 6.05. The van der Waals surface area contributed by atoms with Crippen LogP contribution in [0, 0.1) is 5.92 Å². The fraction of sp³-hybridized carbons (Fsp3) is 0.667. The predicted octanol–water partition coefficient (Wildman–Crippen LogP) is 0.930. The van der Waals surface area contributed by atoms with Gasteiger partial charge in [-0.15, -0.1) is 0 Å². The minimum Gasteiger partial charge on any atom is -0.481 e. The molecule has 2 rings (SSSR count). The molecular weight excluding hydrogens is 218 g/mol. The topological polar surface area (TPSA) is 58.4 Å². The summed E-state index contributed by atoms with van der Waals surface area (Å²) < 4.78 is 1.74. The van der Waals surface area contributed by atoms with Gasteiger partial charge < -0.3 is 10.0 Å². The first kappa shape index (κ1) is 12.1. The lowest BCUT2D eigenvalue weighted by Gasteiger charge is -2.35. The van der Waals surface area contributed by atoms with Crippen LogP contribution < -0.4 is 0 Å². The third kappa shape index (κ3) is 2.49. The van der Waals surface area contributed by atoms with Crippen molar-refractivity contribution in [3.05, 3.63) is 18.0 Å². The van der Waals surface area contributed by atoms with Crippen LogP contribution in [0.1, 0.15) is 24.8 Å². The molecule has 1 aliphatic heterocycles. The van der Waals surface area contributed by atoms with E-state index in [1.807, 2.05) is 13.2 Å². The molecule has 5 heteroatoms. The number of aliphatic carboxylic acids is 1. The normalized spacial score (nSPS) is 26.0. The van der Waals surface area contributed by atoms with E-state index in [9.17, 15) is 9.90 Å². The number of carbonyl (C=O) groups is 1. The fourth-order valence-corrected chi connectivity index (χ4v) is 2.57. The molecule has 94 valence electrons. The molecule has 2 atom stereocenters. The predicted molar refractivity (Wildman–Crippen MR) is 63.8 cm³/mol. The molecule has 17 heavy (non-hydrogen) atoms. The van der Waals surface area contributed by atoms with E-state index in [0.29, 0.717) is 0 Å². The van der Waals surface area contributed by atoms with Gasteiger partial charge in [0.05, 0.1) is 12.1 Å². The van der Waals surface area contributed by atoms with Crippen LogP contribution in [0.15, 0.2) is 12.4 Å². The molecule has 1 aromatic heterocycles. The van der Waals surface area contributed by atoms with E-state index >= 15 is 0 Å². The molecule has 0 amide bonds. The molecule has 2 heterocycles. The summed E-state index contributed by atoms with van der Waals surface area (Å²) in [6.07, 6.45) is 4.45. The maximum Gasteiger partial charge on any atom is 0.307 e. The Labute approximate surface area is 101 Å². The molecule has 0 aromatic carbocycles. The third-order valence-electron chi connectivity index (χ3n) is 3.61. The highest BCUT2D eigenvalue weighted by Crippen LogP contribution is 2.32. The van der Waals surface area contributed by atoms with Crippen molar-refractivity contribution in [2.24, 2.45) is 13.0 Å². The number of carboxylic acid groups (broad SMARTS) is 1. The summed E-state index contributed by atoms with van der Waals surface area (Å²) >= 11 is 0. The lowest BCUT2D eigenvalue weighted by Crippen LogP contribution is -2.41. The van der Waals surface area contributed by atoms with Crippen LogP contribution in [0.5, 0.6) is 0 Å². The minimum absolute atomic E-state index is 0.0647. The maximum atomic E-state index is 11.3. The van der Waals surface area contributed by atoms with Crippen LogP contribution in [0.3, 0.4) is 0 Å². The largest absolute Gasteiger partial charge is 0.481 e. The van der Waals surface area contributed by atoms with Gasteiger partial charge in [0.15, 0.2) is 0 Å². The molecule has 0 spiro atoms. The summed E-state index contributed by atoms with van der Waals surface area (Å²) in [7, 11) is 1.86. The van der Waals surface area contributed by atoms with E-state index in [0.717, 1.165) is 31.6 Å². The summed E-state index contributed by atoms with van der Waals surface area (Å²) in [4.78, 5) is 13.6. The van der Waals surface area contributed by atoms with Crippen molar-refractivity contribution in [3.63, 3.8) is 0 Å². The molecule has 0 saturated carbocycles. The van der Waals surface area contributed by atoms with Gasteiger partial charge in [-0.2, -0.15) is 5.10 Å². The van der Waals surface area contributed by atoms with Crippen LogP contribution in [0.4, 0.5) is 0 Å². The molecule has 1 aliphatic rings. The number of likely N-dealkylation sites (N-methyl/N-ethyl adjacent to an activating group) is 1. The molecule has 0 radical (unpaired) electrons. The number of piperidine rings is 1. The van der Waals surface area contributed by atoms with E-state index < -0.39 is 5.97 Å². The average Bonchev–Trinajstić information content (AvgIpc) is 2.75. The first-order chi connectivity index (χ1) is 8.11. The number of nitrogens with zero attached hydrogens (tertiary/aromatic N) is 3.